The first-order valence-electron chi connectivity index (χ1n) is 11.9. The molecule has 2 fully saturated rings. The van der Waals surface area contributed by atoms with Gasteiger partial charge in [0.05, 0.1) is 23.4 Å². The van der Waals surface area contributed by atoms with E-state index in [2.05, 4.69) is 16.8 Å². The standard InChI is InChI=1S/C26H30N4O3/c1-18-5-4-12-29(16-18)24(31)20-9-13-28(14-10-20)22-8-2-7-21-23(22)26(33)30(25(21)32)17-19-6-3-11-27-15-19/h2-3,6-8,11,15,18,20H,4-5,9-10,12-14,16-17H2,1H3. The molecule has 2 aromatic rings. The highest BCUT2D eigenvalue weighted by molar-refractivity contribution is 6.23. The number of benzene rings is 1. The van der Waals surface area contributed by atoms with Crippen LogP contribution in [0.4, 0.5) is 5.69 Å². The van der Waals surface area contributed by atoms with E-state index in [1.165, 1.54) is 11.3 Å². The number of rotatable bonds is 4. The molecule has 0 radical (unpaired) electrons. The average Bonchev–Trinajstić information content (AvgIpc) is 3.09. The van der Waals surface area contributed by atoms with Gasteiger partial charge in [0.15, 0.2) is 0 Å². The van der Waals surface area contributed by atoms with Crippen molar-refractivity contribution in [2.75, 3.05) is 31.1 Å². The first-order chi connectivity index (χ1) is 16.0. The highest BCUT2D eigenvalue weighted by Gasteiger charge is 2.39. The molecule has 1 atom stereocenters. The Hall–Kier alpha value is -3.22. The van der Waals surface area contributed by atoms with Crippen LogP contribution in [0.3, 0.4) is 0 Å². The largest absolute Gasteiger partial charge is 0.371 e. The van der Waals surface area contributed by atoms with E-state index in [1.54, 1.807) is 24.5 Å². The number of hydrogen-bond acceptors (Lipinski definition) is 5. The molecule has 0 N–H and O–H groups in total. The van der Waals surface area contributed by atoms with Gasteiger partial charge in [0.2, 0.25) is 5.91 Å². The van der Waals surface area contributed by atoms with E-state index >= 15 is 0 Å². The Balaban J connectivity index is 1.29. The molecule has 172 valence electrons. The molecule has 3 aliphatic rings. The van der Waals surface area contributed by atoms with Crippen LogP contribution >= 0.6 is 0 Å². The summed E-state index contributed by atoms with van der Waals surface area (Å²) >= 11 is 0. The minimum Gasteiger partial charge on any atom is -0.371 e. The van der Waals surface area contributed by atoms with Gasteiger partial charge in [0.1, 0.15) is 0 Å². The molecule has 4 heterocycles. The van der Waals surface area contributed by atoms with Crippen molar-refractivity contribution in [2.24, 2.45) is 11.8 Å². The molecule has 5 rings (SSSR count). The van der Waals surface area contributed by atoms with Gasteiger partial charge in [-0.1, -0.05) is 19.1 Å². The molecule has 1 unspecified atom stereocenters. The number of fused-ring (bicyclic) bond motifs is 1. The number of anilines is 1. The molecule has 7 heteroatoms. The van der Waals surface area contributed by atoms with Gasteiger partial charge in [-0.25, -0.2) is 0 Å². The third-order valence-corrected chi connectivity index (χ3v) is 7.19. The maximum Gasteiger partial charge on any atom is 0.263 e. The van der Waals surface area contributed by atoms with Crippen LogP contribution in [0.15, 0.2) is 42.7 Å². The highest BCUT2D eigenvalue weighted by atomic mass is 16.2. The van der Waals surface area contributed by atoms with Crippen LogP contribution in [0, 0.1) is 11.8 Å². The molecule has 0 spiro atoms. The Morgan fingerprint density at radius 3 is 2.58 bits per heavy atom. The number of amides is 3. The Bertz CT molecular complexity index is 1060. The summed E-state index contributed by atoms with van der Waals surface area (Å²) in [5.74, 6) is 0.393. The number of pyridine rings is 1. The van der Waals surface area contributed by atoms with Crippen molar-refractivity contribution in [3.8, 4) is 0 Å². The second-order valence-electron chi connectivity index (χ2n) is 9.55. The van der Waals surface area contributed by atoms with E-state index in [4.69, 9.17) is 0 Å². The van der Waals surface area contributed by atoms with E-state index in [0.29, 0.717) is 30.1 Å². The first kappa shape index (κ1) is 21.6. The topological polar surface area (TPSA) is 73.8 Å². The summed E-state index contributed by atoms with van der Waals surface area (Å²) < 4.78 is 0. The zero-order valence-electron chi connectivity index (χ0n) is 19.1. The summed E-state index contributed by atoms with van der Waals surface area (Å²) in [5, 5.41) is 0. The lowest BCUT2D eigenvalue weighted by Crippen LogP contribution is -2.46. The van der Waals surface area contributed by atoms with Gasteiger partial charge < -0.3 is 9.80 Å². The van der Waals surface area contributed by atoms with Gasteiger partial charge in [0, 0.05) is 44.5 Å². The molecule has 3 aliphatic heterocycles. The third kappa shape index (κ3) is 4.12. The predicted molar refractivity (Wildman–Crippen MR) is 125 cm³/mol. The van der Waals surface area contributed by atoms with E-state index < -0.39 is 0 Å². The lowest BCUT2D eigenvalue weighted by molar-refractivity contribution is -0.137. The second-order valence-corrected chi connectivity index (χ2v) is 9.55. The number of aromatic nitrogens is 1. The van der Waals surface area contributed by atoms with Crippen LogP contribution in [0.5, 0.6) is 0 Å². The molecular weight excluding hydrogens is 416 g/mol. The van der Waals surface area contributed by atoms with Crippen molar-refractivity contribution in [1.82, 2.24) is 14.8 Å². The lowest BCUT2D eigenvalue weighted by atomic mass is 9.92. The van der Waals surface area contributed by atoms with Gasteiger partial charge in [-0.3, -0.25) is 24.3 Å². The Labute approximate surface area is 194 Å². The lowest BCUT2D eigenvalue weighted by Gasteiger charge is -2.38. The Morgan fingerprint density at radius 2 is 1.85 bits per heavy atom. The number of carbonyl (C=O) groups excluding carboxylic acids is 3. The van der Waals surface area contributed by atoms with Crippen molar-refractivity contribution in [2.45, 2.75) is 39.2 Å². The number of hydrogen-bond donors (Lipinski definition) is 0. The molecule has 1 aromatic carbocycles. The molecular formula is C26H30N4O3. The van der Waals surface area contributed by atoms with Crippen molar-refractivity contribution < 1.29 is 14.4 Å². The van der Waals surface area contributed by atoms with Gasteiger partial charge >= 0.3 is 0 Å². The Morgan fingerprint density at radius 1 is 1.03 bits per heavy atom. The molecule has 3 amide bonds. The number of likely N-dealkylation sites (tertiary alicyclic amines) is 1. The van der Waals surface area contributed by atoms with E-state index in [9.17, 15) is 14.4 Å². The molecule has 33 heavy (non-hydrogen) atoms. The second kappa shape index (κ2) is 8.96. The van der Waals surface area contributed by atoms with Crippen LogP contribution in [-0.2, 0) is 11.3 Å². The summed E-state index contributed by atoms with van der Waals surface area (Å²) in [7, 11) is 0. The Kier molecular flexibility index (Phi) is 5.87. The fraction of sp³-hybridized carbons (Fsp3) is 0.462. The number of imide groups is 1. The SMILES string of the molecule is CC1CCCN(C(=O)C2CCN(c3cccc4c3C(=O)N(Cc3cccnc3)C4=O)CC2)C1. The normalized spacial score (nSPS) is 21.5. The molecule has 1 aromatic heterocycles. The summed E-state index contributed by atoms with van der Waals surface area (Å²) in [4.78, 5) is 48.9. The minimum absolute atomic E-state index is 0.0442. The molecule has 0 saturated carbocycles. The van der Waals surface area contributed by atoms with Gasteiger partial charge in [-0.15, -0.1) is 0 Å². The zero-order valence-corrected chi connectivity index (χ0v) is 19.1. The van der Waals surface area contributed by atoms with Crippen LogP contribution < -0.4 is 4.90 Å². The van der Waals surface area contributed by atoms with E-state index in [-0.39, 0.29) is 30.2 Å². The van der Waals surface area contributed by atoms with E-state index in [0.717, 1.165) is 43.6 Å². The van der Waals surface area contributed by atoms with Crippen molar-refractivity contribution in [1.29, 1.82) is 0 Å². The van der Waals surface area contributed by atoms with Crippen molar-refractivity contribution >= 4 is 23.4 Å². The van der Waals surface area contributed by atoms with Crippen LogP contribution in [-0.4, -0.2) is 58.7 Å². The monoisotopic (exact) mass is 446 g/mol. The molecule has 0 aliphatic carbocycles. The fourth-order valence-corrected chi connectivity index (χ4v) is 5.41. The summed E-state index contributed by atoms with van der Waals surface area (Å²) in [5.41, 5.74) is 2.57. The summed E-state index contributed by atoms with van der Waals surface area (Å²) in [6.07, 6.45) is 7.18. The molecule has 2 saturated heterocycles. The van der Waals surface area contributed by atoms with Crippen LogP contribution in [0.2, 0.25) is 0 Å². The van der Waals surface area contributed by atoms with Crippen LogP contribution in [0.25, 0.3) is 0 Å². The summed E-state index contributed by atoms with van der Waals surface area (Å²) in [6, 6.07) is 9.17. The smallest absolute Gasteiger partial charge is 0.263 e. The fourth-order valence-electron chi connectivity index (χ4n) is 5.41. The van der Waals surface area contributed by atoms with Crippen LogP contribution in [0.1, 0.15) is 58.9 Å². The predicted octanol–water partition coefficient (Wildman–Crippen LogP) is 3.35. The average molecular weight is 447 g/mol. The van der Waals surface area contributed by atoms with E-state index in [1.807, 2.05) is 23.1 Å². The maximum absolute atomic E-state index is 13.3. The van der Waals surface area contributed by atoms with Crippen molar-refractivity contribution in [3.63, 3.8) is 0 Å². The number of nitrogens with zero attached hydrogens (tertiary/aromatic N) is 4. The minimum atomic E-state index is -0.259. The maximum atomic E-state index is 13.3. The highest BCUT2D eigenvalue weighted by Crippen LogP contribution is 2.35. The molecule has 0 bridgehead atoms. The summed E-state index contributed by atoms with van der Waals surface area (Å²) in [6.45, 7) is 5.59. The quantitative estimate of drug-likeness (QED) is 0.674. The first-order valence-corrected chi connectivity index (χ1v) is 11.9. The van der Waals surface area contributed by atoms with Gasteiger partial charge in [-0.2, -0.15) is 0 Å². The van der Waals surface area contributed by atoms with Gasteiger partial charge in [-0.05, 0) is 55.4 Å². The third-order valence-electron chi connectivity index (χ3n) is 7.19. The zero-order chi connectivity index (χ0) is 22.9. The van der Waals surface area contributed by atoms with Gasteiger partial charge in [0.25, 0.3) is 11.8 Å². The molecule has 7 nitrogen and oxygen atoms in total. The number of piperidine rings is 2. The number of carbonyl (C=O) groups is 3. The van der Waals surface area contributed by atoms with Crippen molar-refractivity contribution in [3.05, 3.63) is 59.4 Å².